The number of hydrogen-bond donors (Lipinski definition) is 11. The predicted octanol–water partition coefficient (Wildman–Crippen LogP) is -0.996. The highest BCUT2D eigenvalue weighted by molar-refractivity contribution is 5.98. The van der Waals surface area contributed by atoms with E-state index in [0.29, 0.717) is 24.9 Å². The Morgan fingerprint density at radius 3 is 1.41 bits per heavy atom. The molecule has 18 nitrogen and oxygen atoms in total. The number of nitrogens with zero attached hydrogens (tertiary/aromatic N) is 2. The molecule has 0 saturated carbocycles. The van der Waals surface area contributed by atoms with Gasteiger partial charge in [0.2, 0.25) is 29.5 Å². The lowest BCUT2D eigenvalue weighted by Crippen LogP contribution is -2.58. The molecule has 5 amide bonds. The van der Waals surface area contributed by atoms with E-state index in [4.69, 9.17) is 28.7 Å². The summed E-state index contributed by atoms with van der Waals surface area (Å²) < 4.78 is 0. The summed E-state index contributed by atoms with van der Waals surface area (Å²) in [6, 6.07) is 13.6. The largest absolute Gasteiger partial charge is 0.508 e. The molecule has 0 aliphatic carbocycles. The van der Waals surface area contributed by atoms with Gasteiger partial charge < -0.3 is 60.4 Å². The van der Waals surface area contributed by atoms with Crippen LogP contribution < -0.4 is 55.3 Å². The van der Waals surface area contributed by atoms with Crippen molar-refractivity contribution in [3.63, 3.8) is 0 Å². The van der Waals surface area contributed by atoms with Crippen LogP contribution in [0.2, 0.25) is 0 Å². The van der Waals surface area contributed by atoms with Gasteiger partial charge in [0.1, 0.15) is 36.0 Å². The third-order valence-electron chi connectivity index (χ3n) is 9.63. The summed E-state index contributed by atoms with van der Waals surface area (Å²) in [6.45, 7) is 0.649. The van der Waals surface area contributed by atoms with E-state index in [-0.39, 0.29) is 75.7 Å². The quantitative estimate of drug-likeness (QED) is 0.0474. The second kappa shape index (κ2) is 22.3. The maximum absolute atomic E-state index is 14.3. The molecule has 5 atom stereocenters. The zero-order chi connectivity index (χ0) is 42.0. The smallest absolute Gasteiger partial charge is 0.243 e. The lowest BCUT2D eigenvalue weighted by atomic mass is 9.99. The Morgan fingerprint density at radius 2 is 0.931 bits per heavy atom. The molecule has 58 heavy (non-hydrogen) atoms. The summed E-state index contributed by atoms with van der Waals surface area (Å²) >= 11 is 0. The number of carbonyl (C=O) groups is 5. The van der Waals surface area contributed by atoms with Crippen molar-refractivity contribution in [2.45, 2.75) is 88.0 Å². The first-order valence-electron chi connectivity index (χ1n) is 19.4. The summed E-state index contributed by atoms with van der Waals surface area (Å²) in [5.74, 6) is -3.65. The Labute approximate surface area is 337 Å². The average molecular weight is 801 g/mol. The summed E-state index contributed by atoms with van der Waals surface area (Å²) in [6.07, 6.45) is 1.90. The first kappa shape index (κ1) is 44.3. The van der Waals surface area contributed by atoms with Gasteiger partial charge in [0.25, 0.3) is 0 Å². The van der Waals surface area contributed by atoms with Crippen molar-refractivity contribution in [1.82, 2.24) is 26.6 Å². The van der Waals surface area contributed by atoms with Crippen molar-refractivity contribution in [3.8, 4) is 5.75 Å². The molecule has 4 rings (SSSR count). The van der Waals surface area contributed by atoms with E-state index in [2.05, 4.69) is 36.6 Å². The Morgan fingerprint density at radius 1 is 0.517 bits per heavy atom. The molecule has 312 valence electrons. The number of aliphatic imine (C=N–C) groups is 2. The highest BCUT2D eigenvalue weighted by Crippen LogP contribution is 2.18. The number of carbonyl (C=O) groups excluding carboxylic acids is 5. The van der Waals surface area contributed by atoms with E-state index < -0.39 is 59.7 Å². The van der Waals surface area contributed by atoms with Crippen LogP contribution >= 0.6 is 0 Å². The van der Waals surface area contributed by atoms with Crippen LogP contribution in [0.5, 0.6) is 5.75 Å². The number of amides is 5. The molecule has 18 heteroatoms. The molecule has 1 aliphatic rings. The topological polar surface area (TPSA) is 321 Å². The van der Waals surface area contributed by atoms with Gasteiger partial charge in [0.15, 0.2) is 11.9 Å². The van der Waals surface area contributed by atoms with Gasteiger partial charge >= 0.3 is 0 Å². The standard InChI is InChI=1S/C40H56N12O6/c41-18-4-3-9-29-35(55)51-32(22-24-13-16-28(53)17-14-24)37(57)50-30(10-5-19-46-39(42)43)34(54)48-31(11-6-20-47-40(44)45)36(56)52-33(38(58)49-29)23-25-12-15-26-7-1-2-8-27(26)21-25/h1-2,7-8,12-17,21,29-33,53H,3-6,9-11,18-20,22-23,41H2,(H,48,54)(H,49,58)(H,50,57)(H,51,55)(H,52,56)(H4,42,43,46)(H4,44,45,47)/t29-,30+,31+,32-,33+/m1/s1. The lowest BCUT2D eigenvalue weighted by molar-refractivity contribution is -0.134. The van der Waals surface area contributed by atoms with Gasteiger partial charge in [-0.3, -0.25) is 34.0 Å². The predicted molar refractivity (Wildman–Crippen MR) is 222 cm³/mol. The Kier molecular flexibility index (Phi) is 17.1. The third kappa shape index (κ3) is 14.3. The van der Waals surface area contributed by atoms with Gasteiger partial charge in [-0.25, -0.2) is 0 Å². The molecule has 0 spiro atoms. The van der Waals surface area contributed by atoms with E-state index in [1.54, 1.807) is 12.1 Å². The molecule has 16 N–H and O–H groups in total. The number of rotatable bonds is 16. The molecule has 0 bridgehead atoms. The van der Waals surface area contributed by atoms with Crippen LogP contribution in [-0.2, 0) is 36.8 Å². The number of unbranched alkanes of at least 4 members (excludes halogenated alkanes) is 1. The molecule has 1 fully saturated rings. The number of nitrogens with one attached hydrogen (secondary N) is 5. The minimum atomic E-state index is -1.23. The van der Waals surface area contributed by atoms with E-state index >= 15 is 0 Å². The summed E-state index contributed by atoms with van der Waals surface area (Å²) in [4.78, 5) is 78.8. The zero-order valence-corrected chi connectivity index (χ0v) is 32.5. The average Bonchev–Trinajstić information content (AvgIpc) is 3.19. The normalized spacial score (nSPS) is 20.6. The SMILES string of the molecule is NCCCC[C@H]1NC(=O)[C@H](Cc2ccc3ccccc3c2)NC(=O)[C@H](CCCN=C(N)N)NC(=O)[C@H](CCCN=C(N)N)NC(=O)[C@@H](Cc2ccc(O)cc2)NC1=O. The van der Waals surface area contributed by atoms with Crippen molar-refractivity contribution in [2.24, 2.45) is 38.7 Å². The molecule has 3 aromatic carbocycles. The molecular weight excluding hydrogens is 745 g/mol. The minimum Gasteiger partial charge on any atom is -0.508 e. The van der Waals surface area contributed by atoms with E-state index in [0.717, 1.165) is 16.3 Å². The Balaban J connectivity index is 1.77. The molecule has 1 saturated heterocycles. The van der Waals surface area contributed by atoms with Crippen LogP contribution in [0.3, 0.4) is 0 Å². The van der Waals surface area contributed by atoms with Gasteiger partial charge in [0.05, 0.1) is 0 Å². The highest BCUT2D eigenvalue weighted by Gasteiger charge is 2.34. The van der Waals surface area contributed by atoms with Gasteiger partial charge in [0, 0.05) is 25.9 Å². The number of guanidine groups is 2. The van der Waals surface area contributed by atoms with E-state index in [1.165, 1.54) is 12.1 Å². The summed E-state index contributed by atoms with van der Waals surface area (Å²) in [7, 11) is 0. The van der Waals surface area contributed by atoms with Crippen molar-refractivity contribution < 1.29 is 29.1 Å². The fraction of sp³-hybridized carbons (Fsp3) is 0.425. The fourth-order valence-electron chi connectivity index (χ4n) is 6.56. The first-order valence-corrected chi connectivity index (χ1v) is 19.4. The Bertz CT molecular complexity index is 1930. The maximum atomic E-state index is 14.3. The molecule has 3 aromatic rings. The van der Waals surface area contributed by atoms with Gasteiger partial charge in [-0.05, 0) is 85.5 Å². The first-order chi connectivity index (χ1) is 27.8. The zero-order valence-electron chi connectivity index (χ0n) is 32.5. The number of hydrogen-bond acceptors (Lipinski definition) is 9. The minimum absolute atomic E-state index is 0.00810. The van der Waals surface area contributed by atoms with E-state index in [9.17, 15) is 29.1 Å². The lowest BCUT2D eigenvalue weighted by Gasteiger charge is -2.26. The van der Waals surface area contributed by atoms with Crippen LogP contribution in [0, 0.1) is 0 Å². The van der Waals surface area contributed by atoms with Crippen LogP contribution in [-0.4, -0.2) is 96.4 Å². The molecule has 0 unspecified atom stereocenters. The van der Waals surface area contributed by atoms with Crippen molar-refractivity contribution in [2.75, 3.05) is 19.6 Å². The number of phenolic OH excluding ortho intramolecular Hbond substituents is 1. The number of phenols is 1. The van der Waals surface area contributed by atoms with Crippen molar-refractivity contribution in [3.05, 3.63) is 77.9 Å². The van der Waals surface area contributed by atoms with E-state index in [1.807, 2.05) is 42.5 Å². The second-order valence-electron chi connectivity index (χ2n) is 14.2. The van der Waals surface area contributed by atoms with Gasteiger partial charge in [-0.15, -0.1) is 0 Å². The number of nitrogens with two attached hydrogens (primary N) is 5. The number of fused-ring (bicyclic) bond motifs is 1. The number of benzene rings is 3. The molecule has 1 aliphatic heterocycles. The molecular formula is C40H56N12O6. The fourth-order valence-corrected chi connectivity index (χ4v) is 6.56. The van der Waals surface area contributed by atoms with Crippen molar-refractivity contribution in [1.29, 1.82) is 0 Å². The summed E-state index contributed by atoms with van der Waals surface area (Å²) in [5, 5.41) is 25.8. The summed E-state index contributed by atoms with van der Waals surface area (Å²) in [5.41, 5.74) is 29.1. The van der Waals surface area contributed by atoms with Crippen molar-refractivity contribution >= 4 is 52.2 Å². The number of aromatic hydroxyl groups is 1. The maximum Gasteiger partial charge on any atom is 0.243 e. The highest BCUT2D eigenvalue weighted by atomic mass is 16.3. The Hall–Kier alpha value is -6.43. The second-order valence-corrected chi connectivity index (χ2v) is 14.2. The molecule has 1 heterocycles. The van der Waals surface area contributed by atoms with Gasteiger partial charge in [-0.1, -0.05) is 54.6 Å². The molecule has 0 radical (unpaired) electrons. The van der Waals surface area contributed by atoms with Crippen LogP contribution in [0.4, 0.5) is 0 Å². The van der Waals surface area contributed by atoms with Crippen LogP contribution in [0.15, 0.2) is 76.7 Å². The van der Waals surface area contributed by atoms with Gasteiger partial charge in [-0.2, -0.15) is 0 Å². The monoisotopic (exact) mass is 800 g/mol. The third-order valence-corrected chi connectivity index (χ3v) is 9.63. The van der Waals surface area contributed by atoms with Crippen LogP contribution in [0.1, 0.15) is 56.1 Å². The molecule has 0 aromatic heterocycles. The van der Waals surface area contributed by atoms with Crippen LogP contribution in [0.25, 0.3) is 10.8 Å².